The van der Waals surface area contributed by atoms with Crippen molar-refractivity contribution in [3.05, 3.63) is 0 Å². The van der Waals surface area contributed by atoms with Crippen LogP contribution in [0, 0.1) is 10.8 Å². The largest absolute Gasteiger partial charge is 0.481 e. The molecule has 0 spiro atoms. The Hall–Kier alpha value is -0.670. The number of fused-ring (bicyclic) bond motifs is 2. The van der Waals surface area contributed by atoms with Crippen LogP contribution in [0.4, 0.5) is 8.78 Å². The van der Waals surface area contributed by atoms with E-state index in [-0.39, 0.29) is 6.42 Å². The van der Waals surface area contributed by atoms with Crippen LogP contribution >= 0.6 is 0 Å². The summed E-state index contributed by atoms with van der Waals surface area (Å²) in [5, 5.41) is 8.94. The smallest absolute Gasteiger partial charge is 0.309 e. The SMILES string of the molecule is O=C(O)C12CCC(C(F)F)(CC1)C2. The highest BCUT2D eigenvalue weighted by Crippen LogP contribution is 2.63. The van der Waals surface area contributed by atoms with E-state index in [4.69, 9.17) is 5.11 Å². The Morgan fingerprint density at radius 2 is 1.77 bits per heavy atom. The lowest BCUT2D eigenvalue weighted by Gasteiger charge is -2.25. The van der Waals surface area contributed by atoms with E-state index < -0.39 is 23.2 Å². The van der Waals surface area contributed by atoms with Gasteiger partial charge >= 0.3 is 5.97 Å². The predicted molar refractivity (Wildman–Crippen MR) is 41.6 cm³/mol. The van der Waals surface area contributed by atoms with Crippen molar-refractivity contribution in [2.45, 2.75) is 38.5 Å². The fourth-order valence-corrected chi connectivity index (χ4v) is 2.84. The molecule has 0 saturated heterocycles. The molecule has 0 aromatic carbocycles. The van der Waals surface area contributed by atoms with Gasteiger partial charge in [0.05, 0.1) is 5.41 Å². The van der Waals surface area contributed by atoms with Gasteiger partial charge in [-0.3, -0.25) is 4.79 Å². The summed E-state index contributed by atoms with van der Waals surface area (Å²) in [7, 11) is 0. The van der Waals surface area contributed by atoms with E-state index in [2.05, 4.69) is 0 Å². The first kappa shape index (κ1) is 8.91. The minimum absolute atomic E-state index is 0.188. The normalized spacial score (nSPS) is 43.0. The molecule has 0 aliphatic heterocycles. The van der Waals surface area contributed by atoms with E-state index in [1.165, 1.54) is 0 Å². The molecule has 4 heteroatoms. The number of rotatable bonds is 2. The van der Waals surface area contributed by atoms with Crippen molar-refractivity contribution in [3.63, 3.8) is 0 Å². The summed E-state index contributed by atoms with van der Waals surface area (Å²) in [6, 6.07) is 0. The number of carboxylic acids is 1. The van der Waals surface area contributed by atoms with Gasteiger partial charge in [0.15, 0.2) is 0 Å². The number of hydrogen-bond donors (Lipinski definition) is 1. The van der Waals surface area contributed by atoms with Gasteiger partial charge in [-0.25, -0.2) is 8.78 Å². The third kappa shape index (κ3) is 1.00. The van der Waals surface area contributed by atoms with Crippen LogP contribution in [0.5, 0.6) is 0 Å². The Morgan fingerprint density at radius 1 is 1.23 bits per heavy atom. The molecule has 0 aromatic rings. The van der Waals surface area contributed by atoms with E-state index in [1.54, 1.807) is 0 Å². The van der Waals surface area contributed by atoms with E-state index in [0.29, 0.717) is 25.7 Å². The lowest BCUT2D eigenvalue weighted by atomic mass is 9.82. The maximum atomic E-state index is 12.7. The molecule has 2 rings (SSSR count). The second kappa shape index (κ2) is 2.42. The zero-order valence-corrected chi connectivity index (χ0v) is 7.22. The van der Waals surface area contributed by atoms with Crippen molar-refractivity contribution >= 4 is 5.97 Å². The van der Waals surface area contributed by atoms with E-state index in [1.807, 2.05) is 0 Å². The number of carbonyl (C=O) groups is 1. The standard InChI is InChI=1S/C9H12F2O2/c10-6(11)8-1-3-9(5-8,4-2-8)7(12)13/h6H,1-5H2,(H,12,13). The molecule has 13 heavy (non-hydrogen) atoms. The van der Waals surface area contributed by atoms with Gasteiger partial charge in [0.1, 0.15) is 0 Å². The zero-order valence-electron chi connectivity index (χ0n) is 7.22. The fourth-order valence-electron chi connectivity index (χ4n) is 2.84. The van der Waals surface area contributed by atoms with Gasteiger partial charge in [0.25, 0.3) is 0 Å². The van der Waals surface area contributed by atoms with Crippen LogP contribution in [0.2, 0.25) is 0 Å². The number of halogens is 2. The Kier molecular flexibility index (Phi) is 1.66. The van der Waals surface area contributed by atoms with Gasteiger partial charge < -0.3 is 5.11 Å². The quantitative estimate of drug-likeness (QED) is 0.725. The molecule has 1 N–H and O–H groups in total. The van der Waals surface area contributed by atoms with Crippen molar-refractivity contribution < 1.29 is 18.7 Å². The maximum Gasteiger partial charge on any atom is 0.309 e. The molecule has 0 heterocycles. The summed E-state index contributed by atoms with van der Waals surface area (Å²) < 4.78 is 25.3. The third-order valence-electron chi connectivity index (χ3n) is 3.81. The van der Waals surface area contributed by atoms with Crippen LogP contribution in [0.15, 0.2) is 0 Å². The molecule has 2 bridgehead atoms. The Bertz CT molecular complexity index is 242. The van der Waals surface area contributed by atoms with Crippen LogP contribution in [0.1, 0.15) is 32.1 Å². The number of alkyl halides is 2. The first-order valence-electron chi connectivity index (χ1n) is 4.52. The summed E-state index contributed by atoms with van der Waals surface area (Å²) in [6.07, 6.45) is -0.517. The van der Waals surface area contributed by atoms with Gasteiger partial charge in [0, 0.05) is 5.41 Å². The number of hydrogen-bond acceptors (Lipinski definition) is 1. The molecule has 2 aliphatic carbocycles. The van der Waals surface area contributed by atoms with Gasteiger partial charge in [0.2, 0.25) is 6.43 Å². The van der Waals surface area contributed by atoms with Gasteiger partial charge in [-0.2, -0.15) is 0 Å². The zero-order chi connectivity index (χ0) is 9.69. The predicted octanol–water partition coefficient (Wildman–Crippen LogP) is 2.29. The lowest BCUT2D eigenvalue weighted by molar-refractivity contribution is -0.148. The van der Waals surface area contributed by atoms with E-state index in [9.17, 15) is 13.6 Å². The van der Waals surface area contributed by atoms with Crippen LogP contribution < -0.4 is 0 Å². The fraction of sp³-hybridized carbons (Fsp3) is 0.889. The molecule has 0 unspecified atom stereocenters. The molecule has 0 amide bonds. The first-order chi connectivity index (χ1) is 6.01. The van der Waals surface area contributed by atoms with Crippen LogP contribution in [-0.4, -0.2) is 17.5 Å². The van der Waals surface area contributed by atoms with E-state index >= 15 is 0 Å². The van der Waals surface area contributed by atoms with Gasteiger partial charge in [-0.15, -0.1) is 0 Å². The monoisotopic (exact) mass is 190 g/mol. The summed E-state index contributed by atoms with van der Waals surface area (Å²) in [5.41, 5.74) is -1.77. The van der Waals surface area contributed by atoms with Crippen LogP contribution in [-0.2, 0) is 4.79 Å². The minimum Gasteiger partial charge on any atom is -0.481 e. The molecule has 0 aromatic heterocycles. The van der Waals surface area contributed by atoms with E-state index in [0.717, 1.165) is 0 Å². The summed E-state index contributed by atoms with van der Waals surface area (Å²) in [5.74, 6) is -0.882. The minimum atomic E-state index is -2.35. The lowest BCUT2D eigenvalue weighted by Crippen LogP contribution is -2.25. The Morgan fingerprint density at radius 3 is 2.00 bits per heavy atom. The molecular formula is C9H12F2O2. The molecule has 74 valence electrons. The summed E-state index contributed by atoms with van der Waals surface area (Å²) in [4.78, 5) is 10.9. The second-order valence-corrected chi connectivity index (χ2v) is 4.43. The van der Waals surface area contributed by atoms with Crippen molar-refractivity contribution in [2.24, 2.45) is 10.8 Å². The maximum absolute atomic E-state index is 12.7. The topological polar surface area (TPSA) is 37.3 Å². The van der Waals surface area contributed by atoms with Crippen LogP contribution in [0.3, 0.4) is 0 Å². The van der Waals surface area contributed by atoms with Crippen LogP contribution in [0.25, 0.3) is 0 Å². The molecular weight excluding hydrogens is 178 g/mol. The summed E-state index contributed by atoms with van der Waals surface area (Å²) in [6.45, 7) is 0. The highest BCUT2D eigenvalue weighted by atomic mass is 19.3. The molecule has 2 fully saturated rings. The molecule has 0 atom stereocenters. The van der Waals surface area contributed by atoms with Crippen molar-refractivity contribution in [3.8, 4) is 0 Å². The third-order valence-corrected chi connectivity index (χ3v) is 3.81. The average Bonchev–Trinajstić information content (AvgIpc) is 2.61. The van der Waals surface area contributed by atoms with Gasteiger partial charge in [-0.05, 0) is 32.1 Å². The van der Waals surface area contributed by atoms with Crippen molar-refractivity contribution in [1.82, 2.24) is 0 Å². The number of aliphatic carboxylic acids is 1. The molecule has 2 aliphatic rings. The second-order valence-electron chi connectivity index (χ2n) is 4.43. The average molecular weight is 190 g/mol. The van der Waals surface area contributed by atoms with Gasteiger partial charge in [-0.1, -0.05) is 0 Å². The highest BCUT2D eigenvalue weighted by Gasteiger charge is 2.61. The Balaban J connectivity index is 2.24. The molecule has 0 radical (unpaired) electrons. The first-order valence-corrected chi connectivity index (χ1v) is 4.52. The van der Waals surface area contributed by atoms with Crippen molar-refractivity contribution in [2.75, 3.05) is 0 Å². The van der Waals surface area contributed by atoms with Crippen molar-refractivity contribution in [1.29, 1.82) is 0 Å². The molecule has 2 saturated carbocycles. The summed E-state index contributed by atoms with van der Waals surface area (Å²) >= 11 is 0. The Labute approximate surface area is 74.9 Å². The highest BCUT2D eigenvalue weighted by molar-refractivity contribution is 5.76. The number of carboxylic acid groups (broad SMARTS) is 1. The molecule has 2 nitrogen and oxygen atoms in total.